The van der Waals surface area contributed by atoms with Crippen LogP contribution in [0.1, 0.15) is 19.8 Å². The van der Waals surface area contributed by atoms with Gasteiger partial charge in [0.2, 0.25) is 11.8 Å². The maximum Gasteiger partial charge on any atom is 0.226 e. The van der Waals surface area contributed by atoms with E-state index in [0.29, 0.717) is 18.2 Å². The number of hydrogen-bond acceptors (Lipinski definition) is 2. The Balaban J connectivity index is 1.75. The molecule has 4 nitrogen and oxygen atoms in total. The zero-order chi connectivity index (χ0) is 14.7. The Bertz CT molecular complexity index is 534. The molecule has 0 bridgehead atoms. The van der Waals surface area contributed by atoms with E-state index < -0.39 is 0 Å². The van der Waals surface area contributed by atoms with E-state index in [0.717, 1.165) is 15.4 Å². The number of amides is 2. The number of rotatable bonds is 5. The monoisotopic (exact) mass is 402 g/mol. The van der Waals surface area contributed by atoms with Crippen molar-refractivity contribution in [1.82, 2.24) is 5.32 Å². The van der Waals surface area contributed by atoms with Crippen molar-refractivity contribution in [2.75, 3.05) is 11.9 Å². The zero-order valence-corrected chi connectivity index (χ0v) is 14.3. The van der Waals surface area contributed by atoms with Gasteiger partial charge in [0.25, 0.3) is 0 Å². The van der Waals surface area contributed by atoms with E-state index in [-0.39, 0.29) is 24.2 Å². The fourth-order valence-electron chi connectivity index (χ4n) is 1.92. The minimum atomic E-state index is -0.118. The highest BCUT2D eigenvalue weighted by Gasteiger charge is 2.38. The lowest BCUT2D eigenvalue weighted by Crippen LogP contribution is -2.29. The van der Waals surface area contributed by atoms with Crippen molar-refractivity contribution in [2.45, 2.75) is 19.8 Å². The summed E-state index contributed by atoms with van der Waals surface area (Å²) in [6, 6.07) is 5.57. The Morgan fingerprint density at radius 3 is 2.70 bits per heavy atom. The van der Waals surface area contributed by atoms with Crippen molar-refractivity contribution < 1.29 is 9.59 Å². The summed E-state index contributed by atoms with van der Waals surface area (Å²) >= 11 is 6.74. The van der Waals surface area contributed by atoms with Crippen LogP contribution in [-0.2, 0) is 9.59 Å². The van der Waals surface area contributed by atoms with Gasteiger partial charge in [0.15, 0.2) is 0 Å². The second kappa shape index (κ2) is 6.72. The molecule has 0 aromatic heterocycles. The number of anilines is 1. The Morgan fingerprint density at radius 1 is 1.35 bits per heavy atom. The molecule has 1 aromatic rings. The van der Waals surface area contributed by atoms with E-state index in [1.165, 1.54) is 0 Å². The average molecular weight is 404 g/mol. The average Bonchev–Trinajstić information content (AvgIpc) is 3.11. The maximum absolute atomic E-state index is 11.8. The largest absolute Gasteiger partial charge is 0.355 e. The molecule has 108 valence electrons. The Kier molecular flexibility index (Phi) is 5.21. The molecule has 20 heavy (non-hydrogen) atoms. The van der Waals surface area contributed by atoms with Gasteiger partial charge < -0.3 is 10.6 Å². The smallest absolute Gasteiger partial charge is 0.226 e. The Morgan fingerprint density at radius 2 is 2.05 bits per heavy atom. The number of halogens is 2. The number of hydrogen-bond donors (Lipinski definition) is 2. The third-order valence-corrected chi connectivity index (χ3v) is 4.48. The maximum atomic E-state index is 11.8. The molecule has 2 N–H and O–H groups in total. The molecule has 6 heteroatoms. The molecule has 0 radical (unpaired) electrons. The highest BCUT2D eigenvalue weighted by atomic mass is 79.9. The van der Waals surface area contributed by atoms with Crippen LogP contribution >= 0.6 is 31.9 Å². The van der Waals surface area contributed by atoms with Crippen molar-refractivity contribution in [3.63, 3.8) is 0 Å². The van der Waals surface area contributed by atoms with Gasteiger partial charge in [-0.1, -0.05) is 22.9 Å². The molecule has 1 aliphatic carbocycles. The molecule has 2 amide bonds. The summed E-state index contributed by atoms with van der Waals surface area (Å²) in [6.07, 6.45) is 1.23. The summed E-state index contributed by atoms with van der Waals surface area (Å²) in [5.74, 6) is 0.584. The molecule has 1 saturated carbocycles. The van der Waals surface area contributed by atoms with Crippen LogP contribution in [0.3, 0.4) is 0 Å². The predicted octanol–water partition coefficient (Wildman–Crippen LogP) is 3.31. The lowest BCUT2D eigenvalue weighted by atomic mass is 10.3. The topological polar surface area (TPSA) is 58.2 Å². The van der Waals surface area contributed by atoms with Crippen LogP contribution in [0.5, 0.6) is 0 Å². The van der Waals surface area contributed by atoms with E-state index in [4.69, 9.17) is 0 Å². The molecule has 0 heterocycles. The van der Waals surface area contributed by atoms with Gasteiger partial charge in [-0.05, 0) is 46.5 Å². The van der Waals surface area contributed by atoms with Crippen molar-refractivity contribution in [3.05, 3.63) is 27.1 Å². The molecule has 0 aliphatic heterocycles. The minimum Gasteiger partial charge on any atom is -0.355 e. The van der Waals surface area contributed by atoms with E-state index >= 15 is 0 Å². The summed E-state index contributed by atoms with van der Waals surface area (Å²) in [6.45, 7) is 2.43. The summed E-state index contributed by atoms with van der Waals surface area (Å²) in [7, 11) is 0. The van der Waals surface area contributed by atoms with Gasteiger partial charge in [-0.3, -0.25) is 9.59 Å². The van der Waals surface area contributed by atoms with E-state index in [1.54, 1.807) is 0 Å². The Hall–Kier alpha value is -0.880. The van der Waals surface area contributed by atoms with Gasteiger partial charge in [0.1, 0.15) is 0 Å². The van der Waals surface area contributed by atoms with Crippen LogP contribution in [0.4, 0.5) is 5.69 Å². The third kappa shape index (κ3) is 4.31. The number of nitrogens with one attached hydrogen (secondary N) is 2. The van der Waals surface area contributed by atoms with Crippen LogP contribution in [0.2, 0.25) is 0 Å². The second-order valence-electron chi connectivity index (χ2n) is 5.03. The van der Waals surface area contributed by atoms with E-state index in [1.807, 2.05) is 18.2 Å². The second-order valence-corrected chi connectivity index (χ2v) is 6.80. The molecule has 1 aliphatic rings. The summed E-state index contributed by atoms with van der Waals surface area (Å²) in [4.78, 5) is 23.4. The summed E-state index contributed by atoms with van der Waals surface area (Å²) in [5, 5.41) is 5.61. The van der Waals surface area contributed by atoms with Crippen LogP contribution in [0.25, 0.3) is 0 Å². The van der Waals surface area contributed by atoms with Gasteiger partial charge in [-0.2, -0.15) is 0 Å². The fraction of sp³-hybridized carbons (Fsp3) is 0.429. The van der Waals surface area contributed by atoms with Crippen LogP contribution in [-0.4, -0.2) is 18.4 Å². The molecule has 0 spiro atoms. The number of carbonyl (C=O) groups is 2. The number of benzene rings is 1. The highest BCUT2D eigenvalue weighted by Crippen LogP contribution is 2.37. The SMILES string of the molecule is C[C@@H]1C[C@H]1C(=O)NCCC(=O)Nc1cc(Br)ccc1Br. The van der Waals surface area contributed by atoms with Crippen molar-refractivity contribution in [1.29, 1.82) is 0 Å². The van der Waals surface area contributed by atoms with Gasteiger partial charge >= 0.3 is 0 Å². The summed E-state index contributed by atoms with van der Waals surface area (Å²) < 4.78 is 1.72. The van der Waals surface area contributed by atoms with Crippen LogP contribution in [0, 0.1) is 11.8 Å². The first kappa shape index (κ1) is 15.5. The highest BCUT2D eigenvalue weighted by molar-refractivity contribution is 9.11. The molecular weight excluding hydrogens is 388 g/mol. The van der Waals surface area contributed by atoms with Gasteiger partial charge in [0.05, 0.1) is 5.69 Å². The zero-order valence-electron chi connectivity index (χ0n) is 11.1. The normalized spacial score (nSPS) is 20.4. The number of carbonyl (C=O) groups excluding carboxylic acids is 2. The van der Waals surface area contributed by atoms with E-state index in [9.17, 15) is 9.59 Å². The molecular formula is C14H16Br2N2O2. The fourth-order valence-corrected chi connectivity index (χ4v) is 2.63. The minimum absolute atomic E-state index is 0.0638. The van der Waals surface area contributed by atoms with Crippen LogP contribution < -0.4 is 10.6 Å². The first-order valence-corrected chi connectivity index (χ1v) is 8.08. The van der Waals surface area contributed by atoms with Gasteiger partial charge in [-0.25, -0.2) is 0 Å². The van der Waals surface area contributed by atoms with Crippen molar-refractivity contribution in [2.24, 2.45) is 11.8 Å². The van der Waals surface area contributed by atoms with Gasteiger partial charge in [-0.15, -0.1) is 0 Å². The van der Waals surface area contributed by atoms with Crippen molar-refractivity contribution >= 4 is 49.4 Å². The molecule has 2 rings (SSSR count). The van der Waals surface area contributed by atoms with Gasteiger partial charge in [0, 0.05) is 27.8 Å². The lowest BCUT2D eigenvalue weighted by Gasteiger charge is -2.08. The molecule has 1 aromatic carbocycles. The predicted molar refractivity (Wildman–Crippen MR) is 85.4 cm³/mol. The molecule has 0 unspecified atom stereocenters. The van der Waals surface area contributed by atoms with Crippen molar-refractivity contribution in [3.8, 4) is 0 Å². The standard InChI is InChI=1S/C14H16Br2N2O2/c1-8-6-10(8)14(20)17-5-4-13(19)18-12-7-9(15)2-3-11(12)16/h2-3,7-8,10H,4-6H2,1H3,(H,17,20)(H,18,19)/t8-,10-/m1/s1. The van der Waals surface area contributed by atoms with Crippen LogP contribution in [0.15, 0.2) is 27.1 Å². The molecule has 0 saturated heterocycles. The quantitative estimate of drug-likeness (QED) is 0.792. The lowest BCUT2D eigenvalue weighted by molar-refractivity contribution is -0.122. The first-order valence-electron chi connectivity index (χ1n) is 6.50. The third-order valence-electron chi connectivity index (χ3n) is 3.30. The summed E-state index contributed by atoms with van der Waals surface area (Å²) in [5.41, 5.74) is 0.714. The Labute approximate surface area is 135 Å². The molecule has 2 atom stereocenters. The van der Waals surface area contributed by atoms with E-state index in [2.05, 4.69) is 49.4 Å². The molecule has 1 fully saturated rings. The first-order chi connectivity index (χ1) is 9.47.